The SMILES string of the molecule is Cc1cnc(C)c([C@@H](CCN2CCCCC2)CCN(C)C(C(=O)O)c2cccc(C)c2C2CCC(OC(F)(F)F)CC2)n1. The highest BCUT2D eigenvalue weighted by Gasteiger charge is 2.37. The minimum atomic E-state index is -4.64. The Morgan fingerprint density at radius 2 is 1.79 bits per heavy atom. The molecule has 2 aromatic rings. The average molecular weight is 605 g/mol. The van der Waals surface area contributed by atoms with Gasteiger partial charge in [0.1, 0.15) is 6.04 Å². The van der Waals surface area contributed by atoms with E-state index in [-0.39, 0.29) is 11.8 Å². The van der Waals surface area contributed by atoms with Crippen molar-refractivity contribution in [3.63, 3.8) is 0 Å². The molecule has 0 amide bonds. The van der Waals surface area contributed by atoms with E-state index < -0.39 is 24.5 Å². The van der Waals surface area contributed by atoms with Crippen LogP contribution in [0.15, 0.2) is 24.4 Å². The zero-order valence-corrected chi connectivity index (χ0v) is 26.0. The number of rotatable bonds is 12. The number of likely N-dealkylation sites (N-methyl/N-ethyl adjacent to an activating group) is 1. The number of carbonyl (C=O) groups is 1. The van der Waals surface area contributed by atoms with E-state index in [0.29, 0.717) is 32.2 Å². The summed E-state index contributed by atoms with van der Waals surface area (Å²) < 4.78 is 42.7. The quantitative estimate of drug-likeness (QED) is 0.278. The molecular formula is C33H47F3N4O3. The fourth-order valence-electron chi connectivity index (χ4n) is 7.09. The lowest BCUT2D eigenvalue weighted by molar-refractivity contribution is -0.345. The zero-order chi connectivity index (χ0) is 31.1. The molecule has 238 valence electrons. The van der Waals surface area contributed by atoms with E-state index in [1.807, 2.05) is 50.9 Å². The molecule has 1 saturated heterocycles. The molecule has 7 nitrogen and oxygen atoms in total. The van der Waals surface area contributed by atoms with Gasteiger partial charge in [0.25, 0.3) is 0 Å². The van der Waals surface area contributed by atoms with Gasteiger partial charge in [0.2, 0.25) is 0 Å². The van der Waals surface area contributed by atoms with Crippen LogP contribution in [0, 0.1) is 20.8 Å². The van der Waals surface area contributed by atoms with Crippen LogP contribution in [0.3, 0.4) is 0 Å². The van der Waals surface area contributed by atoms with Crippen LogP contribution in [0.25, 0.3) is 0 Å². The van der Waals surface area contributed by atoms with Gasteiger partial charge in [-0.3, -0.25) is 24.4 Å². The summed E-state index contributed by atoms with van der Waals surface area (Å²) in [7, 11) is 1.86. The second kappa shape index (κ2) is 14.9. The molecule has 1 unspecified atom stereocenters. The molecule has 2 fully saturated rings. The molecular weight excluding hydrogens is 557 g/mol. The summed E-state index contributed by atoms with van der Waals surface area (Å²) in [5.41, 5.74) is 5.44. The minimum absolute atomic E-state index is 0.0120. The number of hydrogen-bond donors (Lipinski definition) is 1. The maximum Gasteiger partial charge on any atom is 0.522 e. The van der Waals surface area contributed by atoms with E-state index in [9.17, 15) is 23.1 Å². The number of halogens is 3. The third kappa shape index (κ3) is 9.22. The molecule has 1 aromatic heterocycles. The number of carboxylic acid groups (broad SMARTS) is 1. The minimum Gasteiger partial charge on any atom is -0.480 e. The van der Waals surface area contributed by atoms with Crippen molar-refractivity contribution in [2.45, 2.75) is 109 Å². The number of carboxylic acids is 1. The predicted octanol–water partition coefficient (Wildman–Crippen LogP) is 7.07. The number of alkyl halides is 3. The van der Waals surface area contributed by atoms with Crippen molar-refractivity contribution in [3.05, 3.63) is 58.2 Å². The molecule has 0 radical (unpaired) electrons. The van der Waals surface area contributed by atoms with Gasteiger partial charge in [-0.15, -0.1) is 13.2 Å². The highest BCUT2D eigenvalue weighted by Crippen LogP contribution is 2.41. The van der Waals surface area contributed by atoms with Gasteiger partial charge >= 0.3 is 12.3 Å². The van der Waals surface area contributed by atoms with Crippen LogP contribution in [-0.4, -0.2) is 76.5 Å². The van der Waals surface area contributed by atoms with Gasteiger partial charge in [-0.1, -0.05) is 24.6 Å². The van der Waals surface area contributed by atoms with Crippen LogP contribution >= 0.6 is 0 Å². The highest BCUT2D eigenvalue weighted by molar-refractivity contribution is 5.76. The van der Waals surface area contributed by atoms with Crippen LogP contribution < -0.4 is 0 Å². The van der Waals surface area contributed by atoms with Gasteiger partial charge in [0, 0.05) is 12.1 Å². The Morgan fingerprint density at radius 1 is 1.09 bits per heavy atom. The lowest BCUT2D eigenvalue weighted by Crippen LogP contribution is -2.35. The summed E-state index contributed by atoms with van der Waals surface area (Å²) in [6.07, 6.45) is 3.35. The number of ether oxygens (including phenoxy) is 1. The lowest BCUT2D eigenvalue weighted by atomic mass is 9.77. The van der Waals surface area contributed by atoms with Gasteiger partial charge in [-0.2, -0.15) is 0 Å². The first-order chi connectivity index (χ1) is 20.4. The van der Waals surface area contributed by atoms with Gasteiger partial charge in [-0.25, -0.2) is 0 Å². The van der Waals surface area contributed by atoms with E-state index in [1.54, 1.807) is 6.20 Å². The monoisotopic (exact) mass is 604 g/mol. The second-order valence-corrected chi connectivity index (χ2v) is 12.5. The summed E-state index contributed by atoms with van der Waals surface area (Å²) >= 11 is 0. The third-order valence-corrected chi connectivity index (χ3v) is 9.28. The molecule has 0 spiro atoms. The van der Waals surface area contributed by atoms with Crippen molar-refractivity contribution >= 4 is 5.97 Å². The lowest BCUT2D eigenvalue weighted by Gasteiger charge is -2.34. The topological polar surface area (TPSA) is 78.8 Å². The molecule has 1 aliphatic carbocycles. The molecule has 2 aliphatic rings. The van der Waals surface area contributed by atoms with E-state index in [1.165, 1.54) is 19.3 Å². The second-order valence-electron chi connectivity index (χ2n) is 12.5. The van der Waals surface area contributed by atoms with Crippen molar-refractivity contribution in [1.29, 1.82) is 0 Å². The molecule has 10 heteroatoms. The largest absolute Gasteiger partial charge is 0.522 e. The molecule has 43 heavy (non-hydrogen) atoms. The van der Waals surface area contributed by atoms with Gasteiger partial charge in [0.15, 0.2) is 0 Å². The fourth-order valence-corrected chi connectivity index (χ4v) is 7.09. The Morgan fingerprint density at radius 3 is 2.44 bits per heavy atom. The first-order valence-electron chi connectivity index (χ1n) is 15.7. The maximum atomic E-state index is 12.8. The zero-order valence-electron chi connectivity index (χ0n) is 26.0. The number of piperidine rings is 1. The first-order valence-corrected chi connectivity index (χ1v) is 15.7. The van der Waals surface area contributed by atoms with Gasteiger partial charge < -0.3 is 10.0 Å². The first kappa shape index (κ1) is 33.3. The molecule has 2 heterocycles. The number of hydrogen-bond acceptors (Lipinski definition) is 6. The summed E-state index contributed by atoms with van der Waals surface area (Å²) in [6, 6.07) is 4.85. The van der Waals surface area contributed by atoms with Crippen LogP contribution in [0.2, 0.25) is 0 Å². The van der Waals surface area contributed by atoms with Crippen molar-refractivity contribution in [2.75, 3.05) is 33.2 Å². The van der Waals surface area contributed by atoms with Gasteiger partial charge in [-0.05, 0) is 128 Å². The Hall–Kier alpha value is -2.56. The summed E-state index contributed by atoms with van der Waals surface area (Å²) in [4.78, 5) is 26.7. The standard InChI is InChI=1S/C33H47F3N4O3/c1-22-9-8-10-28(29(22)25-11-13-27(14-12-25)43-33(34,35)36)31(32(41)42)39(4)19-15-26(16-20-40-17-6-5-7-18-40)30-24(3)37-21-23(2)38-30/h8-10,21,25-27,31H,5-7,11-20H2,1-4H3,(H,41,42)/t25?,26-,27?,31?/m1/s1. The maximum absolute atomic E-state index is 12.8. The van der Waals surface area contributed by atoms with E-state index >= 15 is 0 Å². The van der Waals surface area contributed by atoms with Crippen LogP contribution in [0.4, 0.5) is 13.2 Å². The Balaban J connectivity index is 1.51. The number of nitrogens with zero attached hydrogens (tertiary/aromatic N) is 4. The smallest absolute Gasteiger partial charge is 0.480 e. The van der Waals surface area contributed by atoms with Crippen LogP contribution in [0.1, 0.15) is 109 Å². The predicted molar refractivity (Wildman–Crippen MR) is 160 cm³/mol. The Kier molecular flexibility index (Phi) is 11.6. The van der Waals surface area contributed by atoms with E-state index in [2.05, 4.69) is 14.6 Å². The van der Waals surface area contributed by atoms with Gasteiger partial charge in [0.05, 0.1) is 23.2 Å². The molecule has 1 aliphatic heterocycles. The molecule has 1 N–H and O–H groups in total. The average Bonchev–Trinajstić information content (AvgIpc) is 2.95. The number of aromatic nitrogens is 2. The third-order valence-electron chi connectivity index (χ3n) is 9.28. The highest BCUT2D eigenvalue weighted by atomic mass is 19.4. The molecule has 4 rings (SSSR count). The number of benzene rings is 1. The van der Waals surface area contributed by atoms with Crippen molar-refractivity contribution < 1.29 is 27.8 Å². The molecule has 2 atom stereocenters. The van der Waals surface area contributed by atoms with E-state index in [4.69, 9.17) is 4.98 Å². The summed E-state index contributed by atoms with van der Waals surface area (Å²) in [5, 5.41) is 10.5. The Bertz CT molecular complexity index is 1210. The summed E-state index contributed by atoms with van der Waals surface area (Å²) in [6.45, 7) is 9.68. The molecule has 1 saturated carbocycles. The van der Waals surface area contributed by atoms with Crippen molar-refractivity contribution in [2.24, 2.45) is 0 Å². The van der Waals surface area contributed by atoms with Crippen molar-refractivity contribution in [3.8, 4) is 0 Å². The van der Waals surface area contributed by atoms with Crippen LogP contribution in [0.5, 0.6) is 0 Å². The molecule has 0 bridgehead atoms. The Labute approximate surface area is 253 Å². The normalized spacial score (nSPS) is 21.6. The fraction of sp³-hybridized carbons (Fsp3) is 0.667. The number of aryl methyl sites for hydroxylation is 3. The van der Waals surface area contributed by atoms with E-state index in [0.717, 1.165) is 66.2 Å². The number of aliphatic carboxylic acids is 1. The molecule has 1 aromatic carbocycles. The van der Waals surface area contributed by atoms with Crippen LogP contribution in [-0.2, 0) is 9.53 Å². The number of likely N-dealkylation sites (tertiary alicyclic amines) is 1. The van der Waals surface area contributed by atoms with Crippen molar-refractivity contribution in [1.82, 2.24) is 19.8 Å². The summed E-state index contributed by atoms with van der Waals surface area (Å²) in [5.74, 6) is -0.797.